The van der Waals surface area contributed by atoms with Gasteiger partial charge in [0.1, 0.15) is 17.4 Å². The summed E-state index contributed by atoms with van der Waals surface area (Å²) in [5.41, 5.74) is 7.15. The highest BCUT2D eigenvalue weighted by Crippen LogP contribution is 2.13. The molecular formula is C6H7N5. The minimum absolute atomic E-state index is 0.468. The Balaban J connectivity index is 2.96. The summed E-state index contributed by atoms with van der Waals surface area (Å²) in [5, 5.41) is 3.99. The quantitative estimate of drug-likeness (QED) is 0.570. The molecule has 0 bridgehead atoms. The molecule has 11 heavy (non-hydrogen) atoms. The summed E-state index contributed by atoms with van der Waals surface area (Å²) >= 11 is 0. The van der Waals surface area contributed by atoms with Gasteiger partial charge in [0.15, 0.2) is 5.82 Å². The van der Waals surface area contributed by atoms with Gasteiger partial charge in [-0.25, -0.2) is 9.97 Å². The molecular weight excluding hydrogens is 142 g/mol. The lowest BCUT2D eigenvalue weighted by Gasteiger charge is -1.95. The van der Waals surface area contributed by atoms with Crippen LogP contribution >= 0.6 is 0 Å². The van der Waals surface area contributed by atoms with Crippen LogP contribution < -0.4 is 5.73 Å². The van der Waals surface area contributed by atoms with Crippen molar-refractivity contribution in [2.75, 3.05) is 5.73 Å². The molecule has 0 unspecified atom stereocenters. The van der Waals surface area contributed by atoms with E-state index in [0.29, 0.717) is 5.82 Å². The topological polar surface area (TPSA) is 69.6 Å². The van der Waals surface area contributed by atoms with E-state index in [-0.39, 0.29) is 0 Å². The number of nitrogens with zero attached hydrogens (tertiary/aromatic N) is 4. The first-order valence-corrected chi connectivity index (χ1v) is 3.17. The van der Waals surface area contributed by atoms with Crippen LogP contribution in [0.15, 0.2) is 12.5 Å². The van der Waals surface area contributed by atoms with Gasteiger partial charge in [0.05, 0.1) is 6.20 Å². The second kappa shape index (κ2) is 1.91. The molecule has 2 heterocycles. The first kappa shape index (κ1) is 6.09. The van der Waals surface area contributed by atoms with Gasteiger partial charge in [0.2, 0.25) is 0 Å². The summed E-state index contributed by atoms with van der Waals surface area (Å²) in [6.45, 7) is 0. The van der Waals surface area contributed by atoms with Crippen LogP contribution in [0.25, 0.3) is 11.0 Å². The number of aryl methyl sites for hydroxylation is 1. The highest BCUT2D eigenvalue weighted by Gasteiger charge is 2.03. The summed E-state index contributed by atoms with van der Waals surface area (Å²) in [5.74, 6) is 0.468. The molecule has 0 aliphatic heterocycles. The Kier molecular flexibility index (Phi) is 1.06. The molecule has 0 amide bonds. The molecule has 5 heteroatoms. The zero-order valence-electron chi connectivity index (χ0n) is 6.02. The van der Waals surface area contributed by atoms with Gasteiger partial charge in [-0.05, 0) is 0 Å². The van der Waals surface area contributed by atoms with E-state index in [1.54, 1.807) is 10.9 Å². The molecule has 0 fully saturated rings. The first-order valence-electron chi connectivity index (χ1n) is 3.17. The van der Waals surface area contributed by atoms with Crippen LogP contribution in [0, 0.1) is 0 Å². The predicted octanol–water partition coefficient (Wildman–Crippen LogP) is -0.0545. The molecule has 0 saturated carbocycles. The zero-order chi connectivity index (χ0) is 7.84. The smallest absolute Gasteiger partial charge is 0.153 e. The molecule has 0 aliphatic carbocycles. The van der Waals surface area contributed by atoms with E-state index in [4.69, 9.17) is 5.73 Å². The maximum absolute atomic E-state index is 5.59. The Morgan fingerprint density at radius 2 is 2.27 bits per heavy atom. The lowest BCUT2D eigenvalue weighted by Crippen LogP contribution is -1.97. The van der Waals surface area contributed by atoms with Crippen LogP contribution in [-0.2, 0) is 7.05 Å². The van der Waals surface area contributed by atoms with E-state index in [1.807, 2.05) is 7.05 Å². The fraction of sp³-hybridized carbons (Fsp3) is 0.167. The SMILES string of the molecule is Cn1ncc2ncnc(N)c21. The number of anilines is 1. The van der Waals surface area contributed by atoms with Gasteiger partial charge in [0.25, 0.3) is 0 Å². The molecule has 0 atom stereocenters. The van der Waals surface area contributed by atoms with Crippen molar-refractivity contribution in [3.63, 3.8) is 0 Å². The number of fused-ring (bicyclic) bond motifs is 1. The molecule has 2 N–H and O–H groups in total. The van der Waals surface area contributed by atoms with Crippen molar-refractivity contribution >= 4 is 16.9 Å². The summed E-state index contributed by atoms with van der Waals surface area (Å²) in [4.78, 5) is 7.83. The lowest BCUT2D eigenvalue weighted by atomic mass is 10.4. The van der Waals surface area contributed by atoms with E-state index in [1.165, 1.54) is 6.33 Å². The van der Waals surface area contributed by atoms with E-state index in [0.717, 1.165) is 11.0 Å². The minimum Gasteiger partial charge on any atom is -0.382 e. The first-order chi connectivity index (χ1) is 5.29. The van der Waals surface area contributed by atoms with Crippen molar-refractivity contribution in [1.29, 1.82) is 0 Å². The summed E-state index contributed by atoms with van der Waals surface area (Å²) in [6.07, 6.45) is 3.09. The summed E-state index contributed by atoms with van der Waals surface area (Å²) < 4.78 is 1.66. The van der Waals surface area contributed by atoms with Crippen molar-refractivity contribution in [2.45, 2.75) is 0 Å². The van der Waals surface area contributed by atoms with E-state index >= 15 is 0 Å². The molecule has 0 saturated heterocycles. The average Bonchev–Trinajstić information content (AvgIpc) is 2.34. The monoisotopic (exact) mass is 149 g/mol. The summed E-state index contributed by atoms with van der Waals surface area (Å²) in [6, 6.07) is 0. The highest BCUT2D eigenvalue weighted by molar-refractivity contribution is 5.83. The molecule has 2 aromatic rings. The number of hydrogen-bond acceptors (Lipinski definition) is 4. The standard InChI is InChI=1S/C6H7N5/c1-11-5-4(2-10-11)8-3-9-6(5)7/h2-3H,1H3,(H2,7,8,9). The third kappa shape index (κ3) is 0.739. The van der Waals surface area contributed by atoms with Crippen molar-refractivity contribution in [3.8, 4) is 0 Å². The molecule has 56 valence electrons. The van der Waals surface area contributed by atoms with Crippen LogP contribution in [0.2, 0.25) is 0 Å². The normalized spacial score (nSPS) is 10.6. The lowest BCUT2D eigenvalue weighted by molar-refractivity contribution is 0.796. The van der Waals surface area contributed by atoms with Crippen molar-refractivity contribution in [2.24, 2.45) is 7.05 Å². The predicted molar refractivity (Wildman–Crippen MR) is 40.7 cm³/mol. The highest BCUT2D eigenvalue weighted by atomic mass is 15.3. The fourth-order valence-corrected chi connectivity index (χ4v) is 1.03. The van der Waals surface area contributed by atoms with Gasteiger partial charge >= 0.3 is 0 Å². The van der Waals surface area contributed by atoms with Crippen LogP contribution in [-0.4, -0.2) is 19.7 Å². The van der Waals surface area contributed by atoms with Crippen LogP contribution in [0.1, 0.15) is 0 Å². The third-order valence-corrected chi connectivity index (χ3v) is 1.56. The summed E-state index contributed by atoms with van der Waals surface area (Å²) in [7, 11) is 1.81. The van der Waals surface area contributed by atoms with Crippen molar-refractivity contribution < 1.29 is 0 Å². The Morgan fingerprint density at radius 3 is 3.00 bits per heavy atom. The number of aromatic nitrogens is 4. The second-order valence-electron chi connectivity index (χ2n) is 2.26. The van der Waals surface area contributed by atoms with Gasteiger partial charge in [-0.1, -0.05) is 0 Å². The van der Waals surface area contributed by atoms with Gasteiger partial charge in [-0.3, -0.25) is 4.68 Å². The van der Waals surface area contributed by atoms with Crippen molar-refractivity contribution in [3.05, 3.63) is 12.5 Å². The molecule has 5 nitrogen and oxygen atoms in total. The fourth-order valence-electron chi connectivity index (χ4n) is 1.03. The largest absolute Gasteiger partial charge is 0.382 e. The number of nitrogens with two attached hydrogens (primary N) is 1. The van der Waals surface area contributed by atoms with Gasteiger partial charge in [-0.2, -0.15) is 5.10 Å². The van der Waals surface area contributed by atoms with Gasteiger partial charge < -0.3 is 5.73 Å². The van der Waals surface area contributed by atoms with E-state index in [2.05, 4.69) is 15.1 Å². The van der Waals surface area contributed by atoms with Crippen LogP contribution in [0.4, 0.5) is 5.82 Å². The Labute approximate surface area is 62.9 Å². The average molecular weight is 149 g/mol. The zero-order valence-corrected chi connectivity index (χ0v) is 6.02. The van der Waals surface area contributed by atoms with Crippen molar-refractivity contribution in [1.82, 2.24) is 19.7 Å². The molecule has 0 aliphatic rings. The molecule has 0 aromatic carbocycles. The van der Waals surface area contributed by atoms with Crippen LogP contribution in [0.3, 0.4) is 0 Å². The minimum atomic E-state index is 0.468. The maximum Gasteiger partial charge on any atom is 0.153 e. The van der Waals surface area contributed by atoms with Crippen LogP contribution in [0.5, 0.6) is 0 Å². The molecule has 0 spiro atoms. The number of hydrogen-bond donors (Lipinski definition) is 1. The van der Waals surface area contributed by atoms with E-state index < -0.39 is 0 Å². The number of rotatable bonds is 0. The Bertz CT molecular complexity index is 391. The third-order valence-electron chi connectivity index (χ3n) is 1.56. The van der Waals surface area contributed by atoms with E-state index in [9.17, 15) is 0 Å². The second-order valence-corrected chi connectivity index (χ2v) is 2.26. The Morgan fingerprint density at radius 1 is 1.45 bits per heavy atom. The Hall–Kier alpha value is -1.65. The van der Waals surface area contributed by atoms with Gasteiger partial charge in [0, 0.05) is 7.05 Å². The van der Waals surface area contributed by atoms with Gasteiger partial charge in [-0.15, -0.1) is 0 Å². The molecule has 2 rings (SSSR count). The molecule has 0 radical (unpaired) electrons. The maximum atomic E-state index is 5.59. The number of nitrogen functional groups attached to an aromatic ring is 1. The molecule has 2 aromatic heterocycles.